The molecule has 0 aromatic heterocycles. The highest BCUT2D eigenvalue weighted by molar-refractivity contribution is 4.97. The quantitative estimate of drug-likeness (QED) is 0.774. The van der Waals surface area contributed by atoms with Gasteiger partial charge in [-0.3, -0.25) is 4.90 Å². The summed E-state index contributed by atoms with van der Waals surface area (Å²) in [5.74, 6) is 0. The number of ether oxygens (including phenoxy) is 1. The van der Waals surface area contributed by atoms with E-state index in [0.29, 0.717) is 18.2 Å². The lowest BCUT2D eigenvalue weighted by molar-refractivity contribution is -0.0104. The van der Waals surface area contributed by atoms with Gasteiger partial charge < -0.3 is 10.1 Å². The lowest BCUT2D eigenvalue weighted by atomic mass is 9.96. The van der Waals surface area contributed by atoms with E-state index in [-0.39, 0.29) is 5.54 Å². The molecule has 94 valence electrons. The molecule has 1 aliphatic heterocycles. The first kappa shape index (κ1) is 12.3. The van der Waals surface area contributed by atoms with Crippen molar-refractivity contribution >= 4 is 0 Å². The Morgan fingerprint density at radius 3 is 2.75 bits per heavy atom. The molecular formula is C13H26N2O. The van der Waals surface area contributed by atoms with Gasteiger partial charge in [-0.15, -0.1) is 0 Å². The Morgan fingerprint density at radius 2 is 2.06 bits per heavy atom. The Bertz CT molecular complexity index is 242. The van der Waals surface area contributed by atoms with Gasteiger partial charge >= 0.3 is 0 Å². The molecule has 2 aliphatic rings. The molecule has 1 saturated carbocycles. The third-order valence-electron chi connectivity index (χ3n) is 4.17. The molecule has 3 atom stereocenters. The summed E-state index contributed by atoms with van der Waals surface area (Å²) in [5.41, 5.74) is 0.243. The first-order valence-electron chi connectivity index (χ1n) is 6.57. The minimum absolute atomic E-state index is 0.243. The van der Waals surface area contributed by atoms with Crippen molar-refractivity contribution < 1.29 is 4.74 Å². The molecule has 0 aromatic rings. The van der Waals surface area contributed by atoms with Crippen LogP contribution in [0.2, 0.25) is 0 Å². The lowest BCUT2D eigenvalue weighted by Gasteiger charge is -2.47. The second kappa shape index (κ2) is 4.63. The Morgan fingerprint density at radius 1 is 1.31 bits per heavy atom. The maximum absolute atomic E-state index is 5.63. The predicted octanol–water partition coefficient (Wildman–Crippen LogP) is 1.63. The van der Waals surface area contributed by atoms with Crippen LogP contribution < -0.4 is 5.32 Å². The van der Waals surface area contributed by atoms with E-state index in [4.69, 9.17) is 4.74 Å². The van der Waals surface area contributed by atoms with Crippen LogP contribution in [0.1, 0.15) is 40.0 Å². The summed E-state index contributed by atoms with van der Waals surface area (Å²) in [6, 6.07) is 1.27. The van der Waals surface area contributed by atoms with Crippen LogP contribution in [0.3, 0.4) is 0 Å². The van der Waals surface area contributed by atoms with Gasteiger partial charge in [0.05, 0.1) is 6.10 Å². The third-order valence-corrected chi connectivity index (χ3v) is 4.17. The van der Waals surface area contributed by atoms with Gasteiger partial charge in [0, 0.05) is 37.8 Å². The average Bonchev–Trinajstić information content (AvgIpc) is 2.69. The van der Waals surface area contributed by atoms with E-state index < -0.39 is 0 Å². The van der Waals surface area contributed by atoms with Gasteiger partial charge in [-0.05, 0) is 40.0 Å². The topological polar surface area (TPSA) is 24.5 Å². The summed E-state index contributed by atoms with van der Waals surface area (Å²) in [4.78, 5) is 2.66. The summed E-state index contributed by atoms with van der Waals surface area (Å²) in [6.45, 7) is 9.15. The monoisotopic (exact) mass is 226 g/mol. The van der Waals surface area contributed by atoms with Crippen molar-refractivity contribution in [3.63, 3.8) is 0 Å². The van der Waals surface area contributed by atoms with E-state index in [0.717, 1.165) is 13.1 Å². The van der Waals surface area contributed by atoms with E-state index in [2.05, 4.69) is 31.0 Å². The fourth-order valence-corrected chi connectivity index (χ4v) is 3.21. The number of nitrogens with zero attached hydrogens (tertiary/aromatic N) is 1. The molecule has 1 N–H and O–H groups in total. The molecule has 1 saturated heterocycles. The molecule has 0 amide bonds. The summed E-state index contributed by atoms with van der Waals surface area (Å²) in [5, 5.41) is 3.61. The first-order valence-corrected chi connectivity index (χ1v) is 6.57. The Balaban J connectivity index is 2.06. The second-order valence-corrected chi connectivity index (χ2v) is 6.06. The maximum Gasteiger partial charge on any atom is 0.0726 e. The minimum Gasteiger partial charge on any atom is -0.380 e. The van der Waals surface area contributed by atoms with Gasteiger partial charge in [0.1, 0.15) is 0 Å². The molecule has 2 rings (SSSR count). The predicted molar refractivity (Wildman–Crippen MR) is 66.7 cm³/mol. The van der Waals surface area contributed by atoms with Crippen LogP contribution in [0.5, 0.6) is 0 Å². The number of piperazine rings is 1. The van der Waals surface area contributed by atoms with Crippen molar-refractivity contribution in [3.05, 3.63) is 0 Å². The highest BCUT2D eigenvalue weighted by Crippen LogP contribution is 2.30. The van der Waals surface area contributed by atoms with Crippen LogP contribution in [-0.4, -0.2) is 48.8 Å². The van der Waals surface area contributed by atoms with Gasteiger partial charge in [-0.2, -0.15) is 0 Å². The van der Waals surface area contributed by atoms with Gasteiger partial charge in [-0.1, -0.05) is 0 Å². The Labute approximate surface area is 99.5 Å². The molecule has 3 heteroatoms. The molecule has 16 heavy (non-hydrogen) atoms. The van der Waals surface area contributed by atoms with Crippen molar-refractivity contribution in [1.82, 2.24) is 10.2 Å². The number of hydrogen-bond acceptors (Lipinski definition) is 3. The Kier molecular flexibility index (Phi) is 3.57. The van der Waals surface area contributed by atoms with Crippen LogP contribution in [0.25, 0.3) is 0 Å². The SMILES string of the molecule is COC1CCCC1N1CC(C)(C)NCC1C. The van der Waals surface area contributed by atoms with Crippen molar-refractivity contribution in [2.75, 3.05) is 20.2 Å². The van der Waals surface area contributed by atoms with Crippen molar-refractivity contribution in [3.8, 4) is 0 Å². The van der Waals surface area contributed by atoms with Crippen LogP contribution in [0.15, 0.2) is 0 Å². The zero-order chi connectivity index (χ0) is 11.8. The molecule has 1 heterocycles. The normalized spacial score (nSPS) is 40.1. The molecule has 3 nitrogen and oxygen atoms in total. The fraction of sp³-hybridized carbons (Fsp3) is 1.00. The number of methoxy groups -OCH3 is 1. The Hall–Kier alpha value is -0.120. The zero-order valence-corrected chi connectivity index (χ0v) is 11.1. The van der Waals surface area contributed by atoms with Crippen LogP contribution in [-0.2, 0) is 4.74 Å². The number of rotatable bonds is 2. The van der Waals surface area contributed by atoms with E-state index in [1.54, 1.807) is 0 Å². The van der Waals surface area contributed by atoms with Gasteiger partial charge in [-0.25, -0.2) is 0 Å². The number of nitrogens with one attached hydrogen (secondary N) is 1. The van der Waals surface area contributed by atoms with Gasteiger partial charge in [0.15, 0.2) is 0 Å². The zero-order valence-electron chi connectivity index (χ0n) is 11.1. The van der Waals surface area contributed by atoms with Crippen LogP contribution in [0.4, 0.5) is 0 Å². The summed E-state index contributed by atoms with van der Waals surface area (Å²) in [6.07, 6.45) is 4.31. The van der Waals surface area contributed by atoms with Crippen molar-refractivity contribution in [1.29, 1.82) is 0 Å². The van der Waals surface area contributed by atoms with E-state index in [1.807, 2.05) is 7.11 Å². The summed E-state index contributed by atoms with van der Waals surface area (Å²) in [7, 11) is 1.86. The van der Waals surface area contributed by atoms with Crippen molar-refractivity contribution in [2.45, 2.75) is 63.8 Å². The highest BCUT2D eigenvalue weighted by atomic mass is 16.5. The van der Waals surface area contributed by atoms with E-state index in [9.17, 15) is 0 Å². The molecule has 1 aliphatic carbocycles. The molecule has 0 radical (unpaired) electrons. The molecule has 0 aromatic carbocycles. The molecule has 0 bridgehead atoms. The fourth-order valence-electron chi connectivity index (χ4n) is 3.21. The molecule has 0 spiro atoms. The summed E-state index contributed by atoms with van der Waals surface area (Å²) >= 11 is 0. The largest absolute Gasteiger partial charge is 0.380 e. The van der Waals surface area contributed by atoms with Crippen LogP contribution >= 0.6 is 0 Å². The van der Waals surface area contributed by atoms with Gasteiger partial charge in [0.2, 0.25) is 0 Å². The van der Waals surface area contributed by atoms with Gasteiger partial charge in [0.25, 0.3) is 0 Å². The standard InChI is InChI=1S/C13H26N2O/c1-10-8-14-13(2,3)9-15(10)11-6-5-7-12(11)16-4/h10-12,14H,5-9H2,1-4H3. The van der Waals surface area contributed by atoms with E-state index in [1.165, 1.54) is 19.3 Å². The number of hydrogen-bond donors (Lipinski definition) is 1. The van der Waals surface area contributed by atoms with Crippen molar-refractivity contribution in [2.24, 2.45) is 0 Å². The maximum atomic E-state index is 5.63. The highest BCUT2D eigenvalue weighted by Gasteiger charge is 2.39. The minimum atomic E-state index is 0.243. The molecule has 2 fully saturated rings. The average molecular weight is 226 g/mol. The smallest absolute Gasteiger partial charge is 0.0726 e. The van der Waals surface area contributed by atoms with Crippen LogP contribution in [0, 0.1) is 0 Å². The lowest BCUT2D eigenvalue weighted by Crippen LogP contribution is -2.64. The molecule has 3 unspecified atom stereocenters. The molecular weight excluding hydrogens is 200 g/mol. The summed E-state index contributed by atoms with van der Waals surface area (Å²) < 4.78 is 5.63. The second-order valence-electron chi connectivity index (χ2n) is 6.06. The first-order chi connectivity index (χ1) is 7.53. The van der Waals surface area contributed by atoms with E-state index >= 15 is 0 Å². The third kappa shape index (κ3) is 2.41.